The van der Waals surface area contributed by atoms with E-state index < -0.39 is 18.0 Å². The lowest BCUT2D eigenvalue weighted by Crippen LogP contribution is -2.31. The normalized spacial score (nSPS) is 11.9. The molecule has 0 radical (unpaired) electrons. The van der Waals surface area contributed by atoms with Gasteiger partial charge in [-0.15, -0.1) is 0 Å². The van der Waals surface area contributed by atoms with E-state index in [0.29, 0.717) is 6.42 Å². The molecule has 12 heavy (non-hydrogen) atoms. The van der Waals surface area contributed by atoms with Crippen LogP contribution in [0.25, 0.3) is 0 Å². The lowest BCUT2D eigenvalue weighted by Gasteiger charge is -2.05. The van der Waals surface area contributed by atoms with Gasteiger partial charge in [-0.3, -0.25) is 0 Å². The molecule has 0 spiro atoms. The molecular weight excluding hydrogens is 162 g/mol. The van der Waals surface area contributed by atoms with Crippen molar-refractivity contribution in [3.63, 3.8) is 0 Å². The van der Waals surface area contributed by atoms with Gasteiger partial charge in [-0.2, -0.15) is 0 Å². The van der Waals surface area contributed by atoms with Gasteiger partial charge in [0.15, 0.2) is 0 Å². The van der Waals surface area contributed by atoms with E-state index >= 15 is 0 Å². The Balaban J connectivity index is 3.64. The summed E-state index contributed by atoms with van der Waals surface area (Å²) in [5.41, 5.74) is 5.28. The fraction of sp³-hybridized carbons (Fsp3) is 0.714. The molecule has 0 aromatic rings. The molecule has 0 amide bonds. The van der Waals surface area contributed by atoms with E-state index in [1.54, 1.807) is 13.8 Å². The molecule has 0 saturated carbocycles. The van der Waals surface area contributed by atoms with Crippen LogP contribution in [0, 0.1) is 0 Å². The zero-order chi connectivity index (χ0) is 9.56. The van der Waals surface area contributed by atoms with Gasteiger partial charge < -0.3 is 5.73 Å². The molecule has 1 atom stereocenters. The van der Waals surface area contributed by atoms with E-state index in [1.807, 2.05) is 0 Å². The van der Waals surface area contributed by atoms with Crippen molar-refractivity contribution in [1.82, 2.24) is 0 Å². The SMILES string of the molecule is CCC(=O)OOC(=O)C(N)CC. The molecule has 0 saturated heterocycles. The van der Waals surface area contributed by atoms with Crippen molar-refractivity contribution in [2.24, 2.45) is 5.73 Å². The second-order valence-electron chi connectivity index (χ2n) is 2.23. The van der Waals surface area contributed by atoms with Crippen molar-refractivity contribution < 1.29 is 19.4 Å². The minimum absolute atomic E-state index is 0.161. The number of carbonyl (C=O) groups is 2. The largest absolute Gasteiger partial charge is 0.372 e. The summed E-state index contributed by atoms with van der Waals surface area (Å²) in [6.45, 7) is 3.32. The van der Waals surface area contributed by atoms with Crippen molar-refractivity contribution in [3.8, 4) is 0 Å². The van der Waals surface area contributed by atoms with Crippen LogP contribution in [0.5, 0.6) is 0 Å². The lowest BCUT2D eigenvalue weighted by atomic mass is 10.2. The molecule has 5 heteroatoms. The van der Waals surface area contributed by atoms with Gasteiger partial charge >= 0.3 is 11.9 Å². The minimum atomic E-state index is -0.727. The molecule has 70 valence electrons. The smallest absolute Gasteiger partial charge is 0.318 e. The van der Waals surface area contributed by atoms with Crippen molar-refractivity contribution in [1.29, 1.82) is 0 Å². The summed E-state index contributed by atoms with van der Waals surface area (Å²) in [5.74, 6) is -1.31. The maximum Gasteiger partial charge on any atom is 0.372 e. The van der Waals surface area contributed by atoms with E-state index in [1.165, 1.54) is 0 Å². The third kappa shape index (κ3) is 3.92. The Kier molecular flexibility index (Phi) is 5.03. The molecular formula is C7H13NO4. The van der Waals surface area contributed by atoms with Crippen LogP contribution in [0.15, 0.2) is 0 Å². The first-order valence-corrected chi connectivity index (χ1v) is 3.78. The number of rotatable bonds is 3. The van der Waals surface area contributed by atoms with Crippen LogP contribution in [-0.2, 0) is 19.4 Å². The summed E-state index contributed by atoms with van der Waals surface area (Å²) in [5, 5.41) is 0. The van der Waals surface area contributed by atoms with Crippen molar-refractivity contribution in [2.75, 3.05) is 0 Å². The molecule has 0 aliphatic heterocycles. The van der Waals surface area contributed by atoms with Gasteiger partial charge in [-0.25, -0.2) is 19.4 Å². The fourth-order valence-corrected chi connectivity index (χ4v) is 0.375. The number of hydrogen-bond donors (Lipinski definition) is 1. The quantitative estimate of drug-likeness (QED) is 0.487. The van der Waals surface area contributed by atoms with Gasteiger partial charge in [-0.1, -0.05) is 13.8 Å². The maximum absolute atomic E-state index is 10.8. The van der Waals surface area contributed by atoms with Gasteiger partial charge in [-0.05, 0) is 6.42 Å². The highest BCUT2D eigenvalue weighted by Gasteiger charge is 2.15. The van der Waals surface area contributed by atoms with Crippen LogP contribution < -0.4 is 5.73 Å². The van der Waals surface area contributed by atoms with Crippen LogP contribution in [0.4, 0.5) is 0 Å². The second kappa shape index (κ2) is 5.54. The highest BCUT2D eigenvalue weighted by atomic mass is 17.2. The lowest BCUT2D eigenvalue weighted by molar-refractivity contribution is -0.259. The molecule has 0 heterocycles. The van der Waals surface area contributed by atoms with E-state index in [2.05, 4.69) is 9.78 Å². The highest BCUT2D eigenvalue weighted by molar-refractivity contribution is 5.76. The average molecular weight is 175 g/mol. The Morgan fingerprint density at radius 3 is 2.33 bits per heavy atom. The van der Waals surface area contributed by atoms with E-state index in [0.717, 1.165) is 0 Å². The summed E-state index contributed by atoms with van der Waals surface area (Å²) in [6, 6.07) is -0.727. The molecule has 0 fully saturated rings. The maximum atomic E-state index is 10.8. The van der Waals surface area contributed by atoms with Crippen molar-refractivity contribution in [3.05, 3.63) is 0 Å². The summed E-state index contributed by atoms with van der Waals surface area (Å²) in [4.78, 5) is 29.5. The molecule has 0 aliphatic carbocycles. The van der Waals surface area contributed by atoms with E-state index in [4.69, 9.17) is 5.73 Å². The van der Waals surface area contributed by atoms with Crippen LogP contribution in [-0.4, -0.2) is 18.0 Å². The first-order valence-electron chi connectivity index (χ1n) is 3.78. The van der Waals surface area contributed by atoms with Crippen LogP contribution >= 0.6 is 0 Å². The van der Waals surface area contributed by atoms with Crippen molar-refractivity contribution >= 4 is 11.9 Å². The molecule has 1 unspecified atom stereocenters. The Bertz CT molecular complexity index is 169. The Labute approximate surface area is 70.7 Å². The first-order chi connectivity index (χ1) is 5.61. The standard InChI is InChI=1S/C7H13NO4/c1-3-5(8)7(10)12-11-6(9)4-2/h5H,3-4,8H2,1-2H3. The van der Waals surface area contributed by atoms with Crippen LogP contribution in [0.1, 0.15) is 26.7 Å². The molecule has 0 aromatic heterocycles. The third-order valence-electron chi connectivity index (χ3n) is 1.25. The molecule has 0 rings (SSSR count). The van der Waals surface area contributed by atoms with Gasteiger partial charge in [0, 0.05) is 6.42 Å². The van der Waals surface area contributed by atoms with Gasteiger partial charge in [0.2, 0.25) is 0 Å². The van der Waals surface area contributed by atoms with Crippen LogP contribution in [0.3, 0.4) is 0 Å². The number of carbonyl (C=O) groups excluding carboxylic acids is 2. The fourth-order valence-electron chi connectivity index (χ4n) is 0.375. The van der Waals surface area contributed by atoms with E-state index in [-0.39, 0.29) is 6.42 Å². The Morgan fingerprint density at radius 2 is 1.92 bits per heavy atom. The molecule has 0 aliphatic rings. The molecule has 0 bridgehead atoms. The topological polar surface area (TPSA) is 78.6 Å². The average Bonchev–Trinajstić information content (AvgIpc) is 2.11. The minimum Gasteiger partial charge on any atom is -0.318 e. The molecule has 5 nitrogen and oxygen atoms in total. The summed E-state index contributed by atoms with van der Waals surface area (Å²) in [6.07, 6.45) is 0.608. The zero-order valence-electron chi connectivity index (χ0n) is 7.20. The number of hydrogen-bond acceptors (Lipinski definition) is 5. The second-order valence-corrected chi connectivity index (χ2v) is 2.23. The Morgan fingerprint density at radius 1 is 1.33 bits per heavy atom. The highest BCUT2D eigenvalue weighted by Crippen LogP contribution is 1.93. The molecule has 2 N–H and O–H groups in total. The van der Waals surface area contributed by atoms with E-state index in [9.17, 15) is 9.59 Å². The number of nitrogens with two attached hydrogens (primary N) is 1. The molecule has 0 aromatic carbocycles. The zero-order valence-corrected chi connectivity index (χ0v) is 7.20. The van der Waals surface area contributed by atoms with Gasteiger partial charge in [0.05, 0.1) is 0 Å². The first kappa shape index (κ1) is 10.9. The Hall–Kier alpha value is -1.10. The summed E-state index contributed by atoms with van der Waals surface area (Å²) < 4.78 is 0. The third-order valence-corrected chi connectivity index (χ3v) is 1.25. The van der Waals surface area contributed by atoms with Crippen molar-refractivity contribution in [2.45, 2.75) is 32.7 Å². The predicted molar refractivity (Wildman–Crippen MR) is 40.7 cm³/mol. The predicted octanol–water partition coefficient (Wildman–Crippen LogP) is 0.135. The van der Waals surface area contributed by atoms with Gasteiger partial charge in [0.25, 0.3) is 0 Å². The van der Waals surface area contributed by atoms with Gasteiger partial charge in [0.1, 0.15) is 6.04 Å². The van der Waals surface area contributed by atoms with Crippen LogP contribution in [0.2, 0.25) is 0 Å². The summed E-state index contributed by atoms with van der Waals surface area (Å²) >= 11 is 0. The monoisotopic (exact) mass is 175 g/mol. The summed E-state index contributed by atoms with van der Waals surface area (Å²) in [7, 11) is 0.